The highest BCUT2D eigenvalue weighted by Gasteiger charge is 2.20. The van der Waals surface area contributed by atoms with Crippen LogP contribution in [0.2, 0.25) is 0 Å². The van der Waals surface area contributed by atoms with E-state index in [2.05, 4.69) is 26.0 Å². The number of rotatable bonds is 2. The van der Waals surface area contributed by atoms with Gasteiger partial charge in [0.05, 0.1) is 27.1 Å². The summed E-state index contributed by atoms with van der Waals surface area (Å²) in [5.41, 5.74) is 1.39. The first kappa shape index (κ1) is 10.8. The van der Waals surface area contributed by atoms with Crippen LogP contribution in [0.25, 0.3) is 0 Å². The molecule has 0 spiro atoms. The normalized spacial score (nSPS) is 13.1. The van der Waals surface area contributed by atoms with E-state index in [9.17, 15) is 5.11 Å². The van der Waals surface area contributed by atoms with Gasteiger partial charge in [-0.3, -0.25) is 4.68 Å². The number of thiazole rings is 1. The van der Waals surface area contributed by atoms with Crippen molar-refractivity contribution in [1.82, 2.24) is 14.8 Å². The van der Waals surface area contributed by atoms with Gasteiger partial charge in [0, 0.05) is 12.4 Å². The lowest BCUT2D eigenvalue weighted by Gasteiger charge is -2.08. The summed E-state index contributed by atoms with van der Waals surface area (Å²) in [5.74, 6) is 0. The molecule has 0 aliphatic rings. The van der Waals surface area contributed by atoms with Gasteiger partial charge in [-0.15, -0.1) is 11.3 Å². The van der Waals surface area contributed by atoms with Crippen molar-refractivity contribution < 1.29 is 5.11 Å². The summed E-state index contributed by atoms with van der Waals surface area (Å²) in [7, 11) is 1.79. The molecule has 0 amide bonds. The molecule has 2 aromatic heterocycles. The first-order valence-corrected chi connectivity index (χ1v) is 6.04. The van der Waals surface area contributed by atoms with Crippen molar-refractivity contribution in [3.8, 4) is 0 Å². The van der Waals surface area contributed by atoms with E-state index < -0.39 is 6.10 Å². The molecule has 80 valence electrons. The Bertz CT molecular complexity index is 460. The van der Waals surface area contributed by atoms with Crippen molar-refractivity contribution >= 4 is 27.3 Å². The van der Waals surface area contributed by atoms with Crippen molar-refractivity contribution in [2.24, 2.45) is 7.05 Å². The minimum atomic E-state index is -0.725. The lowest BCUT2D eigenvalue weighted by Crippen LogP contribution is -2.07. The summed E-state index contributed by atoms with van der Waals surface area (Å²) < 4.78 is 2.44. The van der Waals surface area contributed by atoms with Crippen molar-refractivity contribution in [3.63, 3.8) is 0 Å². The van der Waals surface area contributed by atoms with E-state index in [0.29, 0.717) is 5.69 Å². The van der Waals surface area contributed by atoms with E-state index in [0.717, 1.165) is 15.2 Å². The van der Waals surface area contributed by atoms with Crippen LogP contribution in [0.3, 0.4) is 0 Å². The van der Waals surface area contributed by atoms with Crippen molar-refractivity contribution in [3.05, 3.63) is 32.4 Å². The molecule has 15 heavy (non-hydrogen) atoms. The molecule has 0 aromatic carbocycles. The minimum absolute atomic E-state index is 0.668. The third-order valence-electron chi connectivity index (χ3n) is 2.11. The average molecular weight is 288 g/mol. The number of aromatic nitrogens is 3. The molecule has 0 radical (unpaired) electrons. The van der Waals surface area contributed by atoms with Crippen LogP contribution < -0.4 is 0 Å². The maximum absolute atomic E-state index is 10.1. The van der Waals surface area contributed by atoms with Crippen molar-refractivity contribution in [2.75, 3.05) is 0 Å². The summed E-state index contributed by atoms with van der Waals surface area (Å²) in [6.07, 6.45) is 0.939. The van der Waals surface area contributed by atoms with E-state index in [1.165, 1.54) is 11.3 Å². The average Bonchev–Trinajstić information content (AvgIpc) is 2.73. The molecule has 6 heteroatoms. The van der Waals surface area contributed by atoms with Crippen LogP contribution in [-0.4, -0.2) is 19.9 Å². The van der Waals surface area contributed by atoms with Crippen LogP contribution in [0.1, 0.15) is 22.5 Å². The number of aryl methyl sites for hydroxylation is 2. The predicted octanol–water partition coefficient (Wildman–Crippen LogP) is 2.03. The molecule has 1 atom stereocenters. The van der Waals surface area contributed by atoms with Crippen LogP contribution in [0.5, 0.6) is 0 Å². The van der Waals surface area contributed by atoms with Gasteiger partial charge in [0.25, 0.3) is 0 Å². The van der Waals surface area contributed by atoms with Crippen LogP contribution >= 0.6 is 27.3 Å². The Morgan fingerprint density at radius 1 is 1.60 bits per heavy atom. The fraction of sp³-hybridized carbons (Fsp3) is 0.333. The van der Waals surface area contributed by atoms with Gasteiger partial charge in [0.1, 0.15) is 6.10 Å². The second kappa shape index (κ2) is 4.03. The molecule has 0 saturated carbocycles. The van der Waals surface area contributed by atoms with E-state index in [4.69, 9.17) is 0 Å². The first-order chi connectivity index (χ1) is 7.09. The number of nitrogens with zero attached hydrogens (tertiary/aromatic N) is 3. The number of halogens is 1. The third-order valence-corrected chi connectivity index (χ3v) is 3.52. The van der Waals surface area contributed by atoms with Crippen LogP contribution in [0.15, 0.2) is 16.0 Å². The van der Waals surface area contributed by atoms with E-state index in [-0.39, 0.29) is 0 Å². The molecule has 0 aliphatic carbocycles. The molecule has 1 unspecified atom stereocenters. The lowest BCUT2D eigenvalue weighted by molar-refractivity contribution is 0.204. The Morgan fingerprint density at radius 3 is 2.80 bits per heavy atom. The molecule has 0 fully saturated rings. The van der Waals surface area contributed by atoms with Crippen LogP contribution in [0.4, 0.5) is 0 Å². The molecule has 1 N–H and O–H groups in total. The van der Waals surface area contributed by atoms with Crippen LogP contribution in [-0.2, 0) is 7.05 Å². The molecular weight excluding hydrogens is 278 g/mol. The topological polar surface area (TPSA) is 50.9 Å². The van der Waals surface area contributed by atoms with E-state index in [1.807, 2.05) is 12.3 Å². The maximum Gasteiger partial charge on any atom is 0.139 e. The van der Waals surface area contributed by atoms with Crippen molar-refractivity contribution in [2.45, 2.75) is 13.0 Å². The molecular formula is C9H10BrN3OS. The van der Waals surface area contributed by atoms with Gasteiger partial charge >= 0.3 is 0 Å². The number of hydrogen-bond donors (Lipinski definition) is 1. The largest absolute Gasteiger partial charge is 0.380 e. The van der Waals surface area contributed by atoms with E-state index >= 15 is 0 Å². The second-order valence-corrected chi connectivity index (χ2v) is 5.11. The highest BCUT2D eigenvalue weighted by atomic mass is 79.9. The molecule has 2 rings (SSSR count). The lowest BCUT2D eigenvalue weighted by atomic mass is 10.2. The van der Waals surface area contributed by atoms with Gasteiger partial charge in [-0.05, 0) is 22.9 Å². The van der Waals surface area contributed by atoms with Crippen molar-refractivity contribution in [1.29, 1.82) is 0 Å². The summed E-state index contributed by atoms with van der Waals surface area (Å²) in [5, 5.41) is 17.0. The summed E-state index contributed by atoms with van der Waals surface area (Å²) in [6, 6.07) is 0. The maximum atomic E-state index is 10.1. The van der Waals surface area contributed by atoms with E-state index in [1.54, 1.807) is 17.9 Å². The van der Waals surface area contributed by atoms with Gasteiger partial charge in [0.15, 0.2) is 0 Å². The molecule has 0 bridgehead atoms. The SMILES string of the molecule is Cc1nc(C(O)c2c(Br)cnn2C)cs1. The zero-order chi connectivity index (χ0) is 11.0. The Morgan fingerprint density at radius 2 is 2.33 bits per heavy atom. The number of aliphatic hydroxyl groups excluding tert-OH is 1. The predicted molar refractivity (Wildman–Crippen MR) is 61.8 cm³/mol. The second-order valence-electron chi connectivity index (χ2n) is 3.20. The summed E-state index contributed by atoms with van der Waals surface area (Å²) in [6.45, 7) is 1.92. The Labute approximate surface area is 99.7 Å². The van der Waals surface area contributed by atoms with Gasteiger partial charge in [-0.2, -0.15) is 5.10 Å². The Kier molecular flexibility index (Phi) is 2.90. The zero-order valence-electron chi connectivity index (χ0n) is 8.31. The van der Waals surface area contributed by atoms with Crippen LogP contribution in [0, 0.1) is 6.92 Å². The summed E-state index contributed by atoms with van der Waals surface area (Å²) >= 11 is 4.88. The summed E-state index contributed by atoms with van der Waals surface area (Å²) in [4.78, 5) is 4.26. The van der Waals surface area contributed by atoms with Gasteiger partial charge in [-0.1, -0.05) is 0 Å². The quantitative estimate of drug-likeness (QED) is 0.920. The first-order valence-electron chi connectivity index (χ1n) is 4.37. The fourth-order valence-corrected chi connectivity index (χ4v) is 2.57. The molecule has 2 aromatic rings. The number of aliphatic hydroxyl groups is 1. The number of hydrogen-bond acceptors (Lipinski definition) is 4. The van der Waals surface area contributed by atoms with Gasteiger partial charge in [-0.25, -0.2) is 4.98 Å². The van der Waals surface area contributed by atoms with Gasteiger partial charge in [0.2, 0.25) is 0 Å². The molecule has 0 aliphatic heterocycles. The zero-order valence-corrected chi connectivity index (χ0v) is 10.7. The Balaban J connectivity index is 2.40. The third kappa shape index (κ3) is 1.97. The highest BCUT2D eigenvalue weighted by molar-refractivity contribution is 9.10. The molecule has 2 heterocycles. The molecule has 0 saturated heterocycles. The van der Waals surface area contributed by atoms with Gasteiger partial charge < -0.3 is 5.11 Å². The Hall–Kier alpha value is -0.720. The smallest absolute Gasteiger partial charge is 0.139 e. The highest BCUT2D eigenvalue weighted by Crippen LogP contribution is 2.28. The standard InChI is InChI=1S/C9H10BrN3OS/c1-5-12-7(4-15-5)9(14)8-6(10)3-11-13(8)2/h3-4,9,14H,1-2H3. The minimum Gasteiger partial charge on any atom is -0.380 e. The monoisotopic (exact) mass is 287 g/mol. The molecule has 4 nitrogen and oxygen atoms in total. The fourth-order valence-electron chi connectivity index (χ4n) is 1.37.